The van der Waals surface area contributed by atoms with Crippen molar-refractivity contribution in [1.82, 2.24) is 9.97 Å². The summed E-state index contributed by atoms with van der Waals surface area (Å²) >= 11 is 0. The first kappa shape index (κ1) is 22.4. The molecule has 0 unspecified atom stereocenters. The third-order valence-electron chi connectivity index (χ3n) is 8.40. The molecule has 0 aliphatic heterocycles. The molecule has 0 atom stereocenters. The molecule has 3 heteroatoms. The van der Waals surface area contributed by atoms with Crippen LogP contribution >= 0.6 is 0 Å². The summed E-state index contributed by atoms with van der Waals surface area (Å²) in [5, 5.41) is 3.88. The van der Waals surface area contributed by atoms with E-state index in [4.69, 9.17) is 22.6 Å². The number of hydrogen-bond acceptors (Lipinski definition) is 3. The van der Waals surface area contributed by atoms with E-state index in [0.717, 1.165) is 55.1 Å². The molecule has 0 bridgehead atoms. The molecule has 6 aromatic carbocycles. The number of allylic oxidation sites excluding steroid dienone is 1. The zero-order valence-electron chi connectivity index (χ0n) is 30.1. The van der Waals surface area contributed by atoms with E-state index in [1.54, 1.807) is 0 Å². The molecule has 8 aromatic rings. The molecule has 0 radical (unpaired) electrons. The van der Waals surface area contributed by atoms with E-state index in [-0.39, 0.29) is 29.7 Å². The minimum absolute atomic E-state index is 0.139. The lowest BCUT2D eigenvalue weighted by Crippen LogP contribution is -1.95. The average molecular weight is 595 g/mol. The number of para-hydroxylation sites is 1. The zero-order valence-corrected chi connectivity index (χ0v) is 25.1. The van der Waals surface area contributed by atoms with Gasteiger partial charge >= 0.3 is 0 Å². The molecule has 2 heterocycles. The lowest BCUT2D eigenvalue weighted by molar-refractivity contribution is 1.39. The number of benzene rings is 6. The third kappa shape index (κ3) is 4.98. The Morgan fingerprint density at radius 3 is 2.20 bits per heavy atom. The van der Waals surface area contributed by atoms with Crippen molar-refractivity contribution >= 4 is 44.3 Å². The van der Waals surface area contributed by atoms with Gasteiger partial charge in [0.15, 0.2) is 0 Å². The number of pyridine rings is 2. The molecule has 218 valence electrons. The van der Waals surface area contributed by atoms with Crippen LogP contribution in [0.5, 0.6) is 0 Å². The second-order valence-corrected chi connectivity index (χ2v) is 11.3. The fourth-order valence-corrected chi connectivity index (χ4v) is 6.12. The van der Waals surface area contributed by atoms with Gasteiger partial charge < -0.3 is 5.73 Å². The number of rotatable bonds is 5. The van der Waals surface area contributed by atoms with E-state index in [9.17, 15) is 0 Å². The van der Waals surface area contributed by atoms with E-state index in [0.29, 0.717) is 27.8 Å². The van der Waals surface area contributed by atoms with Crippen molar-refractivity contribution in [3.8, 4) is 44.6 Å². The van der Waals surface area contributed by atoms with Crippen LogP contribution in [0.15, 0.2) is 152 Å². The van der Waals surface area contributed by atoms with Crippen molar-refractivity contribution in [1.29, 1.82) is 0 Å². The Morgan fingerprint density at radius 1 is 0.630 bits per heavy atom. The fraction of sp³-hybridized carbons (Fsp3) is 0.0233. The van der Waals surface area contributed by atoms with Crippen LogP contribution in [0.1, 0.15) is 19.3 Å². The van der Waals surface area contributed by atoms with Crippen molar-refractivity contribution < 1.29 is 6.85 Å². The van der Waals surface area contributed by atoms with Crippen molar-refractivity contribution in [3.63, 3.8) is 0 Å². The Balaban J connectivity index is 1.38. The lowest BCUT2D eigenvalue weighted by Gasteiger charge is -2.14. The molecule has 46 heavy (non-hydrogen) atoms. The van der Waals surface area contributed by atoms with Gasteiger partial charge in [0.1, 0.15) is 0 Å². The third-order valence-corrected chi connectivity index (χ3v) is 8.40. The Bertz CT molecular complexity index is 2710. The number of nitrogens with zero attached hydrogens (tertiary/aromatic N) is 2. The maximum absolute atomic E-state index is 8.79. The number of fused-ring (bicyclic) bond motifs is 3. The van der Waals surface area contributed by atoms with Crippen LogP contribution < -0.4 is 5.73 Å². The molecule has 0 amide bonds. The van der Waals surface area contributed by atoms with E-state index < -0.39 is 6.04 Å². The highest BCUT2D eigenvalue weighted by atomic mass is 14.7. The first-order valence-electron chi connectivity index (χ1n) is 17.6. The summed E-state index contributed by atoms with van der Waals surface area (Å²) in [6.45, 7) is 1.96. The highest BCUT2D eigenvalue weighted by Crippen LogP contribution is 2.38. The van der Waals surface area contributed by atoms with Gasteiger partial charge in [0.2, 0.25) is 0 Å². The van der Waals surface area contributed by atoms with Crippen molar-refractivity contribution in [2.24, 2.45) is 0 Å². The van der Waals surface area contributed by atoms with E-state index in [1.807, 2.05) is 79.9 Å². The summed E-state index contributed by atoms with van der Waals surface area (Å²) < 4.78 is 42.5. The molecule has 0 fully saturated rings. The molecular formula is C43H31N3. The van der Waals surface area contributed by atoms with E-state index in [1.165, 1.54) is 0 Å². The monoisotopic (exact) mass is 594 g/mol. The quantitative estimate of drug-likeness (QED) is 0.202. The molecule has 2 aromatic heterocycles. The molecule has 2 N–H and O–H groups in total. The first-order chi connectivity index (χ1) is 24.7. The fourth-order valence-electron chi connectivity index (χ4n) is 6.12. The largest absolute Gasteiger partial charge is 0.396 e. The van der Waals surface area contributed by atoms with Gasteiger partial charge in [-0.1, -0.05) is 109 Å². The van der Waals surface area contributed by atoms with Gasteiger partial charge in [-0.2, -0.15) is 0 Å². The van der Waals surface area contributed by atoms with Crippen LogP contribution in [0.4, 0.5) is 5.69 Å². The zero-order chi connectivity index (χ0) is 35.4. The van der Waals surface area contributed by atoms with Crippen LogP contribution in [-0.2, 0) is 0 Å². The molecule has 0 spiro atoms. The summed E-state index contributed by atoms with van der Waals surface area (Å²) in [5.74, 6) is 0. The van der Waals surface area contributed by atoms with Crippen molar-refractivity contribution in [3.05, 3.63) is 157 Å². The highest BCUT2D eigenvalue weighted by molar-refractivity contribution is 5.99. The number of nitrogens with two attached hydrogens (primary N) is 1. The maximum Gasteiger partial charge on any atom is 0.0937 e. The predicted octanol–water partition coefficient (Wildman–Crippen LogP) is 11.2. The minimum Gasteiger partial charge on any atom is -0.396 e. The lowest BCUT2D eigenvalue weighted by atomic mass is 9.92. The molecule has 3 nitrogen and oxygen atoms in total. The first-order valence-corrected chi connectivity index (χ1v) is 15.1. The predicted molar refractivity (Wildman–Crippen MR) is 195 cm³/mol. The topological polar surface area (TPSA) is 51.8 Å². The normalized spacial score (nSPS) is 13.1. The van der Waals surface area contributed by atoms with Gasteiger partial charge in [-0.05, 0) is 93.5 Å². The summed E-state index contributed by atoms with van der Waals surface area (Å²) in [4.78, 5) is 9.89. The van der Waals surface area contributed by atoms with Gasteiger partial charge in [-0.25, -0.2) is 4.98 Å². The number of hydrogen-bond donors (Lipinski definition) is 1. The van der Waals surface area contributed by atoms with Crippen LogP contribution in [-0.4, -0.2) is 9.97 Å². The standard InChI is InChI=1S/C43H31N3/c1-2-10-30-18-20-33-22-37(27-45-43(33)42(30)44)35-23-34(32-19-17-28-11-6-7-14-31(28)21-32)24-36(25-35)41-26-39(29-12-4-3-5-13-29)38-15-8-9-16-40(38)46-41/h2-27H,44H2,1H3/b10-2-/i3D,4D,5D,12D,13D. The Kier molecular flexibility index (Phi) is 5.59. The number of anilines is 1. The molecular weight excluding hydrogens is 558 g/mol. The highest BCUT2D eigenvalue weighted by Gasteiger charge is 2.14. The minimum atomic E-state index is -0.427. The van der Waals surface area contributed by atoms with Crippen molar-refractivity contribution in [2.45, 2.75) is 6.92 Å². The summed E-state index contributed by atoms with van der Waals surface area (Å²) in [6.07, 6.45) is 5.77. The Morgan fingerprint density at radius 2 is 1.35 bits per heavy atom. The summed E-state index contributed by atoms with van der Waals surface area (Å²) in [6, 6.07) is 34.7. The van der Waals surface area contributed by atoms with Gasteiger partial charge in [0.25, 0.3) is 0 Å². The Labute approximate surface area is 275 Å². The molecule has 0 aliphatic rings. The number of nitrogen functional groups attached to an aromatic ring is 1. The van der Waals surface area contributed by atoms with Crippen LogP contribution in [0.3, 0.4) is 0 Å². The molecule has 0 saturated carbocycles. The van der Waals surface area contributed by atoms with Crippen LogP contribution in [0, 0.1) is 0 Å². The van der Waals surface area contributed by atoms with Gasteiger partial charge in [-0.3, -0.25) is 4.98 Å². The van der Waals surface area contributed by atoms with Crippen molar-refractivity contribution in [2.75, 3.05) is 5.73 Å². The van der Waals surface area contributed by atoms with E-state index in [2.05, 4.69) is 54.6 Å². The molecule has 0 aliphatic carbocycles. The van der Waals surface area contributed by atoms with Gasteiger partial charge in [0, 0.05) is 28.1 Å². The Hall–Kier alpha value is -6.06. The molecule has 0 saturated heterocycles. The van der Waals surface area contributed by atoms with E-state index >= 15 is 0 Å². The second kappa shape index (κ2) is 11.5. The number of aromatic nitrogens is 2. The summed E-state index contributed by atoms with van der Waals surface area (Å²) in [5.41, 5.74) is 15.3. The van der Waals surface area contributed by atoms with Gasteiger partial charge in [0.05, 0.1) is 29.3 Å². The SMILES string of the molecule is [2H]c1c([2H])c([2H])c(-c2cc(-c3cc(-c4ccc5ccccc5c4)cc(-c4cnc5c(N)c(/C=C\C)ccc5c4)c3)nc3ccccc23)c([2H])c1[2H]. The maximum atomic E-state index is 8.79. The smallest absolute Gasteiger partial charge is 0.0937 e. The average Bonchev–Trinajstić information content (AvgIpc) is 3.17. The van der Waals surface area contributed by atoms with Crippen LogP contribution in [0.2, 0.25) is 0 Å². The van der Waals surface area contributed by atoms with Crippen LogP contribution in [0.25, 0.3) is 83.3 Å². The molecule has 8 rings (SSSR count). The second-order valence-electron chi connectivity index (χ2n) is 11.3. The van der Waals surface area contributed by atoms with Gasteiger partial charge in [-0.15, -0.1) is 0 Å². The summed E-state index contributed by atoms with van der Waals surface area (Å²) in [7, 11) is 0.